The molecule has 0 saturated carbocycles. The van der Waals surface area contributed by atoms with Crippen LogP contribution in [0.15, 0.2) is 66.8 Å². The van der Waals surface area contributed by atoms with Gasteiger partial charge in [0.15, 0.2) is 0 Å². The number of aliphatic carboxylic acids is 2. The minimum atomic E-state index is -1.26. The summed E-state index contributed by atoms with van der Waals surface area (Å²) in [5, 5.41) is 18.9. The molecule has 0 amide bonds. The van der Waals surface area contributed by atoms with Crippen molar-refractivity contribution in [1.82, 2.24) is 5.32 Å². The first kappa shape index (κ1) is 21.1. The third-order valence-corrected chi connectivity index (χ3v) is 4.39. The van der Waals surface area contributed by atoms with E-state index in [9.17, 15) is 9.59 Å². The Balaban J connectivity index is 0.000000300. The molecule has 0 saturated heterocycles. The zero-order valence-corrected chi connectivity index (χ0v) is 15.9. The van der Waals surface area contributed by atoms with Crippen LogP contribution in [0.5, 0.6) is 0 Å². The van der Waals surface area contributed by atoms with Crippen LogP contribution in [0.2, 0.25) is 0 Å². The Morgan fingerprint density at radius 2 is 1.36 bits per heavy atom. The largest absolute Gasteiger partial charge is 0.478 e. The van der Waals surface area contributed by atoms with E-state index in [1.54, 1.807) is 0 Å². The second-order valence-electron chi connectivity index (χ2n) is 6.33. The summed E-state index contributed by atoms with van der Waals surface area (Å²) in [7, 11) is 2.01. The van der Waals surface area contributed by atoms with Crippen LogP contribution in [-0.2, 0) is 22.4 Å². The SMILES string of the molecule is CNCCC=C1c2ccccc2CCc2ccccc21.O=C(O)/C=C\C(=O)O. The zero-order valence-electron chi connectivity index (χ0n) is 15.9. The number of aryl methyl sites for hydroxylation is 2. The fourth-order valence-electron chi connectivity index (χ4n) is 3.14. The molecular formula is C23H25NO4. The molecule has 2 aromatic rings. The average molecular weight is 379 g/mol. The lowest BCUT2D eigenvalue weighted by Gasteiger charge is -2.12. The van der Waals surface area contributed by atoms with Gasteiger partial charge in [-0.3, -0.25) is 0 Å². The van der Waals surface area contributed by atoms with E-state index < -0.39 is 11.9 Å². The van der Waals surface area contributed by atoms with E-state index in [0.717, 1.165) is 25.8 Å². The first-order valence-electron chi connectivity index (χ1n) is 9.18. The standard InChI is InChI=1S/C19H21N.C4H4O4/c1-20-14-6-11-19-17-9-4-2-7-15(17)12-13-16-8-3-5-10-18(16)19;5-3(6)1-2-4(7)8/h2-5,7-11,20H,6,12-14H2,1H3;1-2H,(H,5,6)(H,7,8)/b;2-1-. The Morgan fingerprint density at radius 1 is 0.893 bits per heavy atom. The van der Waals surface area contributed by atoms with Gasteiger partial charge in [0, 0.05) is 12.2 Å². The summed E-state index contributed by atoms with van der Waals surface area (Å²) in [4.78, 5) is 19.1. The Bertz CT molecular complexity index is 818. The molecule has 0 bridgehead atoms. The van der Waals surface area contributed by atoms with Crippen molar-refractivity contribution in [2.24, 2.45) is 0 Å². The lowest BCUT2D eigenvalue weighted by molar-refractivity contribution is -0.134. The number of hydrogen-bond acceptors (Lipinski definition) is 3. The lowest BCUT2D eigenvalue weighted by atomic mass is 9.93. The van der Waals surface area contributed by atoms with Crippen LogP contribution in [0.1, 0.15) is 28.7 Å². The van der Waals surface area contributed by atoms with Crippen LogP contribution in [-0.4, -0.2) is 35.7 Å². The van der Waals surface area contributed by atoms with Gasteiger partial charge < -0.3 is 15.5 Å². The molecule has 3 rings (SSSR count). The third-order valence-electron chi connectivity index (χ3n) is 4.39. The van der Waals surface area contributed by atoms with Gasteiger partial charge in [-0.2, -0.15) is 0 Å². The molecule has 1 aliphatic rings. The molecule has 1 aliphatic carbocycles. The molecule has 28 heavy (non-hydrogen) atoms. The summed E-state index contributed by atoms with van der Waals surface area (Å²) >= 11 is 0. The maximum atomic E-state index is 9.55. The Hall–Kier alpha value is -3.18. The van der Waals surface area contributed by atoms with Crippen LogP contribution in [0.4, 0.5) is 0 Å². The van der Waals surface area contributed by atoms with Crippen molar-refractivity contribution in [1.29, 1.82) is 0 Å². The number of rotatable bonds is 5. The minimum Gasteiger partial charge on any atom is -0.478 e. The number of nitrogens with one attached hydrogen (secondary N) is 1. The fraction of sp³-hybridized carbons (Fsp3) is 0.217. The van der Waals surface area contributed by atoms with Crippen LogP contribution < -0.4 is 5.32 Å². The zero-order chi connectivity index (χ0) is 20.4. The highest BCUT2D eigenvalue weighted by Crippen LogP contribution is 2.33. The molecule has 5 heteroatoms. The first-order valence-corrected chi connectivity index (χ1v) is 9.18. The first-order chi connectivity index (χ1) is 13.5. The van der Waals surface area contributed by atoms with Gasteiger partial charge >= 0.3 is 11.9 Å². The van der Waals surface area contributed by atoms with Crippen molar-refractivity contribution in [3.63, 3.8) is 0 Å². The summed E-state index contributed by atoms with van der Waals surface area (Å²) < 4.78 is 0. The lowest BCUT2D eigenvalue weighted by Crippen LogP contribution is -2.06. The predicted octanol–water partition coefficient (Wildman–Crippen LogP) is 3.54. The van der Waals surface area contributed by atoms with E-state index >= 15 is 0 Å². The van der Waals surface area contributed by atoms with Crippen molar-refractivity contribution in [3.8, 4) is 0 Å². The number of carbonyl (C=O) groups is 2. The van der Waals surface area contributed by atoms with Crippen molar-refractivity contribution in [2.75, 3.05) is 13.6 Å². The second kappa shape index (κ2) is 10.8. The fourth-order valence-corrected chi connectivity index (χ4v) is 3.14. The Labute approximate surface area is 165 Å². The molecule has 0 spiro atoms. The number of fused-ring (bicyclic) bond motifs is 2. The van der Waals surface area contributed by atoms with Gasteiger partial charge in [-0.1, -0.05) is 54.6 Å². The van der Waals surface area contributed by atoms with Crippen LogP contribution in [0, 0.1) is 0 Å². The predicted molar refractivity (Wildman–Crippen MR) is 110 cm³/mol. The monoisotopic (exact) mass is 379 g/mol. The van der Waals surface area contributed by atoms with E-state index in [0.29, 0.717) is 12.2 Å². The Kier molecular flexibility index (Phi) is 8.18. The van der Waals surface area contributed by atoms with Crippen molar-refractivity contribution >= 4 is 17.5 Å². The molecule has 2 aromatic carbocycles. The number of benzene rings is 2. The van der Waals surface area contributed by atoms with E-state index in [2.05, 4.69) is 59.9 Å². The highest BCUT2D eigenvalue weighted by Gasteiger charge is 2.16. The average Bonchev–Trinajstić information content (AvgIpc) is 2.85. The minimum absolute atomic E-state index is 0.558. The van der Waals surface area contributed by atoms with Gasteiger partial charge in [-0.05, 0) is 60.7 Å². The van der Waals surface area contributed by atoms with E-state index in [1.807, 2.05) is 7.05 Å². The van der Waals surface area contributed by atoms with E-state index in [4.69, 9.17) is 10.2 Å². The van der Waals surface area contributed by atoms with Gasteiger partial charge in [-0.25, -0.2) is 9.59 Å². The molecule has 0 heterocycles. The highest BCUT2D eigenvalue weighted by atomic mass is 16.4. The van der Waals surface area contributed by atoms with Crippen molar-refractivity contribution in [3.05, 3.63) is 89.0 Å². The molecule has 146 valence electrons. The van der Waals surface area contributed by atoms with Crippen LogP contribution >= 0.6 is 0 Å². The molecule has 3 N–H and O–H groups in total. The summed E-state index contributed by atoms with van der Waals surface area (Å²) in [6, 6.07) is 17.7. The van der Waals surface area contributed by atoms with Gasteiger partial charge in [0.1, 0.15) is 0 Å². The topological polar surface area (TPSA) is 86.6 Å². The molecule has 0 atom stereocenters. The second-order valence-corrected chi connectivity index (χ2v) is 6.33. The summed E-state index contributed by atoms with van der Waals surface area (Å²) in [5.41, 5.74) is 7.17. The maximum Gasteiger partial charge on any atom is 0.328 e. The number of carboxylic acid groups (broad SMARTS) is 2. The van der Waals surface area contributed by atoms with Crippen LogP contribution in [0.25, 0.3) is 5.57 Å². The molecule has 0 unspecified atom stereocenters. The van der Waals surface area contributed by atoms with Gasteiger partial charge in [-0.15, -0.1) is 0 Å². The molecule has 0 radical (unpaired) electrons. The Morgan fingerprint density at radius 3 is 1.79 bits per heavy atom. The van der Waals surface area contributed by atoms with E-state index in [-0.39, 0.29) is 0 Å². The quantitative estimate of drug-likeness (QED) is 0.546. The maximum absolute atomic E-state index is 9.55. The summed E-state index contributed by atoms with van der Waals surface area (Å²) in [6.07, 6.45) is 6.84. The number of hydrogen-bond donors (Lipinski definition) is 3. The number of carboxylic acids is 2. The third kappa shape index (κ3) is 6.21. The van der Waals surface area contributed by atoms with Crippen LogP contribution in [0.3, 0.4) is 0 Å². The van der Waals surface area contributed by atoms with Gasteiger partial charge in [0.2, 0.25) is 0 Å². The molecule has 0 fully saturated rings. The summed E-state index contributed by atoms with van der Waals surface area (Å²) in [5.74, 6) is -2.51. The van der Waals surface area contributed by atoms with E-state index in [1.165, 1.54) is 27.8 Å². The highest BCUT2D eigenvalue weighted by molar-refractivity contribution is 5.89. The van der Waals surface area contributed by atoms with Crippen molar-refractivity contribution < 1.29 is 19.8 Å². The van der Waals surface area contributed by atoms with Crippen molar-refractivity contribution in [2.45, 2.75) is 19.3 Å². The van der Waals surface area contributed by atoms with Gasteiger partial charge in [0.05, 0.1) is 0 Å². The molecule has 5 nitrogen and oxygen atoms in total. The smallest absolute Gasteiger partial charge is 0.328 e. The van der Waals surface area contributed by atoms with Gasteiger partial charge in [0.25, 0.3) is 0 Å². The normalized spacial score (nSPS) is 12.2. The summed E-state index contributed by atoms with van der Waals surface area (Å²) in [6.45, 7) is 1.02. The molecular weight excluding hydrogens is 354 g/mol. The molecule has 0 aromatic heterocycles. The molecule has 0 aliphatic heterocycles.